The van der Waals surface area contributed by atoms with Crippen molar-refractivity contribution >= 4 is 11.6 Å². The predicted molar refractivity (Wildman–Crippen MR) is 95.5 cm³/mol. The molecule has 2 aromatic heterocycles. The predicted octanol–water partition coefficient (Wildman–Crippen LogP) is 2.21. The number of carbonyl (C=O) groups excluding carboxylic acids is 1. The number of rotatable bonds is 5. The molecule has 1 amide bonds. The monoisotopic (exact) mass is 336 g/mol. The molecule has 0 spiro atoms. The van der Waals surface area contributed by atoms with Gasteiger partial charge in [-0.25, -0.2) is 9.50 Å². The van der Waals surface area contributed by atoms with Crippen molar-refractivity contribution in [2.45, 2.75) is 38.6 Å². The summed E-state index contributed by atoms with van der Waals surface area (Å²) in [5, 5.41) is 5.94. The highest BCUT2D eigenvalue weighted by Gasteiger charge is 2.23. The van der Waals surface area contributed by atoms with Crippen molar-refractivity contribution in [3.63, 3.8) is 0 Å². The van der Waals surface area contributed by atoms with E-state index in [0.29, 0.717) is 35.8 Å². The molecule has 0 aliphatic heterocycles. The highest BCUT2D eigenvalue weighted by atomic mass is 16.1. The van der Waals surface area contributed by atoms with Crippen molar-refractivity contribution in [3.8, 4) is 11.1 Å². The van der Waals surface area contributed by atoms with E-state index in [-0.39, 0.29) is 11.5 Å². The Balaban J connectivity index is 1.65. The molecule has 4 rings (SSSR count). The maximum atomic E-state index is 12.8. The van der Waals surface area contributed by atoms with E-state index in [4.69, 9.17) is 0 Å². The van der Waals surface area contributed by atoms with Crippen LogP contribution in [0.3, 0.4) is 0 Å². The smallest absolute Gasteiger partial charge is 0.276 e. The first-order chi connectivity index (χ1) is 12.1. The van der Waals surface area contributed by atoms with E-state index in [1.54, 1.807) is 6.20 Å². The minimum absolute atomic E-state index is 0.00265. The molecule has 0 radical (unpaired) electrons. The Kier molecular flexibility index (Phi) is 3.87. The molecule has 0 saturated heterocycles. The van der Waals surface area contributed by atoms with Crippen LogP contribution in [0.25, 0.3) is 16.8 Å². The van der Waals surface area contributed by atoms with Gasteiger partial charge in [-0.2, -0.15) is 0 Å². The van der Waals surface area contributed by atoms with Crippen LogP contribution in [0.15, 0.2) is 41.3 Å². The number of aromatic amines is 1. The first kappa shape index (κ1) is 15.6. The Hall–Kier alpha value is -2.89. The highest BCUT2D eigenvalue weighted by molar-refractivity contribution is 5.78. The van der Waals surface area contributed by atoms with Gasteiger partial charge in [-0.15, -0.1) is 0 Å². The van der Waals surface area contributed by atoms with Gasteiger partial charge in [0.05, 0.1) is 0 Å². The summed E-state index contributed by atoms with van der Waals surface area (Å²) in [6, 6.07) is 10.2. The fourth-order valence-corrected chi connectivity index (χ4v) is 3.04. The van der Waals surface area contributed by atoms with E-state index < -0.39 is 0 Å². The molecule has 0 bridgehead atoms. The van der Waals surface area contributed by atoms with Gasteiger partial charge in [-0.05, 0) is 31.7 Å². The number of aromatic nitrogens is 3. The first-order valence-electron chi connectivity index (χ1n) is 8.58. The van der Waals surface area contributed by atoms with Gasteiger partial charge in [-0.1, -0.05) is 30.3 Å². The van der Waals surface area contributed by atoms with E-state index in [1.165, 1.54) is 4.52 Å². The standard InChI is InChI=1S/C19H20N4O2/c1-12-15(9-10-17(24)22-14-7-8-14)19(25)23-18(21-12)16(11-20-23)13-5-3-2-4-6-13/h2-6,11,14,20H,7-10H2,1H3,(H,22,24). The average molecular weight is 336 g/mol. The lowest BCUT2D eigenvalue weighted by atomic mass is 10.1. The van der Waals surface area contributed by atoms with Crippen LogP contribution in [0.4, 0.5) is 0 Å². The lowest BCUT2D eigenvalue weighted by Crippen LogP contribution is -2.28. The molecule has 0 unspecified atom stereocenters. The third kappa shape index (κ3) is 3.07. The molecule has 1 aliphatic carbocycles. The molecular formula is C19H20N4O2. The fraction of sp³-hybridized carbons (Fsp3) is 0.316. The fourth-order valence-electron chi connectivity index (χ4n) is 3.04. The molecule has 2 N–H and O–H groups in total. The average Bonchev–Trinajstić information content (AvgIpc) is 3.31. The number of fused-ring (bicyclic) bond motifs is 1. The lowest BCUT2D eigenvalue weighted by molar-refractivity contribution is -0.121. The Bertz CT molecular complexity index is 984. The normalized spacial score (nSPS) is 14.0. The van der Waals surface area contributed by atoms with Crippen molar-refractivity contribution in [2.75, 3.05) is 0 Å². The quantitative estimate of drug-likeness (QED) is 0.750. The van der Waals surface area contributed by atoms with Gasteiger partial charge in [0.15, 0.2) is 5.65 Å². The SMILES string of the molecule is Cc1nc2c(-c3ccccc3)c[nH]n2c(=O)c1CCC(=O)NC1CC1. The number of nitrogens with zero attached hydrogens (tertiary/aromatic N) is 2. The summed E-state index contributed by atoms with van der Waals surface area (Å²) >= 11 is 0. The van der Waals surface area contributed by atoms with Gasteiger partial charge < -0.3 is 5.32 Å². The van der Waals surface area contributed by atoms with Crippen molar-refractivity contribution in [3.05, 3.63) is 58.1 Å². The first-order valence-corrected chi connectivity index (χ1v) is 8.58. The van der Waals surface area contributed by atoms with Crippen molar-refractivity contribution in [1.82, 2.24) is 19.9 Å². The second kappa shape index (κ2) is 6.20. The van der Waals surface area contributed by atoms with E-state index in [2.05, 4.69) is 15.4 Å². The zero-order valence-corrected chi connectivity index (χ0v) is 14.1. The van der Waals surface area contributed by atoms with Gasteiger partial charge >= 0.3 is 0 Å². The molecular weight excluding hydrogens is 316 g/mol. The summed E-state index contributed by atoms with van der Waals surface area (Å²) in [6.07, 6.45) is 4.63. The van der Waals surface area contributed by atoms with Gasteiger partial charge in [-0.3, -0.25) is 14.7 Å². The molecule has 1 aliphatic rings. The summed E-state index contributed by atoms with van der Waals surface area (Å²) in [7, 11) is 0. The van der Waals surface area contributed by atoms with Crippen molar-refractivity contribution in [2.24, 2.45) is 0 Å². The molecule has 1 aromatic carbocycles. The number of benzene rings is 1. The Morgan fingerprint density at radius 2 is 2.08 bits per heavy atom. The van der Waals surface area contributed by atoms with Gasteiger partial charge in [0.2, 0.25) is 5.91 Å². The zero-order chi connectivity index (χ0) is 17.4. The Morgan fingerprint density at radius 1 is 1.32 bits per heavy atom. The molecule has 25 heavy (non-hydrogen) atoms. The number of carbonyl (C=O) groups is 1. The van der Waals surface area contributed by atoms with Gasteiger partial charge in [0.1, 0.15) is 0 Å². The third-order valence-electron chi connectivity index (χ3n) is 4.59. The van der Waals surface area contributed by atoms with Crippen LogP contribution in [-0.4, -0.2) is 26.5 Å². The van der Waals surface area contributed by atoms with Crippen LogP contribution in [-0.2, 0) is 11.2 Å². The summed E-state index contributed by atoms with van der Waals surface area (Å²) < 4.78 is 1.46. The topological polar surface area (TPSA) is 79.3 Å². The minimum atomic E-state index is -0.135. The zero-order valence-electron chi connectivity index (χ0n) is 14.1. The summed E-state index contributed by atoms with van der Waals surface area (Å²) in [4.78, 5) is 29.3. The Labute approximate surface area is 144 Å². The molecule has 1 fully saturated rings. The van der Waals surface area contributed by atoms with Crippen LogP contribution >= 0.6 is 0 Å². The number of aryl methyl sites for hydroxylation is 1. The maximum absolute atomic E-state index is 12.8. The third-order valence-corrected chi connectivity index (χ3v) is 4.59. The van der Waals surface area contributed by atoms with Crippen LogP contribution in [0.2, 0.25) is 0 Å². The molecule has 2 heterocycles. The molecule has 0 atom stereocenters. The number of nitrogens with one attached hydrogen (secondary N) is 2. The maximum Gasteiger partial charge on any atom is 0.276 e. The summed E-state index contributed by atoms with van der Waals surface area (Å²) in [5.41, 5.74) is 3.64. The van der Waals surface area contributed by atoms with E-state index in [0.717, 1.165) is 24.0 Å². The van der Waals surface area contributed by atoms with Crippen LogP contribution < -0.4 is 10.9 Å². The van der Waals surface area contributed by atoms with Gasteiger partial charge in [0.25, 0.3) is 5.56 Å². The number of H-pyrrole nitrogens is 1. The van der Waals surface area contributed by atoms with Crippen LogP contribution in [0, 0.1) is 6.92 Å². The number of hydrogen-bond donors (Lipinski definition) is 2. The minimum Gasteiger partial charge on any atom is -0.353 e. The molecule has 3 aromatic rings. The summed E-state index contributed by atoms with van der Waals surface area (Å²) in [5.74, 6) is 0.00265. The van der Waals surface area contributed by atoms with Crippen LogP contribution in [0.5, 0.6) is 0 Å². The number of amides is 1. The molecule has 6 heteroatoms. The van der Waals surface area contributed by atoms with Crippen LogP contribution in [0.1, 0.15) is 30.5 Å². The highest BCUT2D eigenvalue weighted by Crippen LogP contribution is 2.23. The second-order valence-electron chi connectivity index (χ2n) is 6.53. The van der Waals surface area contributed by atoms with Gasteiger partial charge in [0, 0.05) is 35.5 Å². The van der Waals surface area contributed by atoms with Crippen molar-refractivity contribution < 1.29 is 4.79 Å². The van der Waals surface area contributed by atoms with E-state index >= 15 is 0 Å². The largest absolute Gasteiger partial charge is 0.353 e. The van der Waals surface area contributed by atoms with E-state index in [9.17, 15) is 9.59 Å². The number of hydrogen-bond acceptors (Lipinski definition) is 3. The summed E-state index contributed by atoms with van der Waals surface area (Å²) in [6.45, 7) is 1.83. The van der Waals surface area contributed by atoms with E-state index in [1.807, 2.05) is 37.3 Å². The Morgan fingerprint density at radius 3 is 2.80 bits per heavy atom. The lowest BCUT2D eigenvalue weighted by Gasteiger charge is -2.07. The molecule has 128 valence electrons. The van der Waals surface area contributed by atoms with Crippen molar-refractivity contribution in [1.29, 1.82) is 0 Å². The second-order valence-corrected chi connectivity index (χ2v) is 6.53. The molecule has 6 nitrogen and oxygen atoms in total. The molecule has 1 saturated carbocycles.